The molecular formula is C8H7F2NS. The van der Waals surface area contributed by atoms with E-state index in [0.29, 0.717) is 0 Å². The summed E-state index contributed by atoms with van der Waals surface area (Å²) in [5.74, 6) is -1.01. The Morgan fingerprint density at radius 3 is 2.67 bits per heavy atom. The van der Waals surface area contributed by atoms with E-state index in [4.69, 9.17) is 12.2 Å². The van der Waals surface area contributed by atoms with E-state index in [1.165, 1.54) is 0 Å². The molecule has 0 amide bonds. The first-order valence-corrected chi connectivity index (χ1v) is 3.73. The van der Waals surface area contributed by atoms with Gasteiger partial charge in [-0.15, -0.1) is 0 Å². The number of halogens is 2. The van der Waals surface area contributed by atoms with Gasteiger partial charge in [-0.1, -0.05) is 12.2 Å². The molecule has 1 N–H and O–H groups in total. The fraction of sp³-hybridized carbons (Fsp3) is 0.125. The lowest BCUT2D eigenvalue weighted by Gasteiger charge is -2.03. The van der Waals surface area contributed by atoms with Gasteiger partial charge in [0.1, 0.15) is 16.6 Å². The zero-order valence-electron chi connectivity index (χ0n) is 6.40. The van der Waals surface area contributed by atoms with Crippen molar-refractivity contribution in [1.82, 2.24) is 5.32 Å². The second-order valence-corrected chi connectivity index (χ2v) is 2.61. The van der Waals surface area contributed by atoms with Crippen molar-refractivity contribution in [2.24, 2.45) is 0 Å². The van der Waals surface area contributed by atoms with Crippen LogP contribution in [0.4, 0.5) is 8.78 Å². The molecule has 0 aliphatic heterocycles. The summed E-state index contributed by atoms with van der Waals surface area (Å²) in [7, 11) is 1.56. The average Bonchev–Trinajstić information content (AvgIpc) is 2.08. The highest BCUT2D eigenvalue weighted by Gasteiger charge is 2.06. The highest BCUT2D eigenvalue weighted by atomic mass is 32.1. The molecule has 1 aromatic carbocycles. The molecule has 0 bridgehead atoms. The minimum absolute atomic E-state index is 0.0903. The van der Waals surface area contributed by atoms with Crippen LogP contribution in [0.25, 0.3) is 0 Å². The molecule has 0 saturated heterocycles. The number of thiocarbonyl (C=S) groups is 1. The molecule has 12 heavy (non-hydrogen) atoms. The van der Waals surface area contributed by atoms with Crippen LogP contribution in [0, 0.1) is 11.6 Å². The largest absolute Gasteiger partial charge is 0.379 e. The zero-order valence-corrected chi connectivity index (χ0v) is 7.21. The summed E-state index contributed by atoms with van der Waals surface area (Å²) in [5, 5.41) is 2.57. The summed E-state index contributed by atoms with van der Waals surface area (Å²) in [6.45, 7) is 0. The van der Waals surface area contributed by atoms with E-state index >= 15 is 0 Å². The molecule has 0 aromatic heterocycles. The van der Waals surface area contributed by atoms with Crippen LogP contribution in [0.3, 0.4) is 0 Å². The highest BCUT2D eigenvalue weighted by molar-refractivity contribution is 7.80. The van der Waals surface area contributed by atoms with Crippen LogP contribution in [-0.2, 0) is 0 Å². The van der Waals surface area contributed by atoms with Crippen LogP contribution in [0.1, 0.15) is 5.56 Å². The molecule has 0 unspecified atom stereocenters. The van der Waals surface area contributed by atoms with Gasteiger partial charge in [0.05, 0.1) is 0 Å². The molecule has 0 fully saturated rings. The van der Waals surface area contributed by atoms with Crippen molar-refractivity contribution in [3.63, 3.8) is 0 Å². The van der Waals surface area contributed by atoms with Gasteiger partial charge in [0.15, 0.2) is 0 Å². The topological polar surface area (TPSA) is 12.0 Å². The van der Waals surface area contributed by atoms with Crippen molar-refractivity contribution in [3.8, 4) is 0 Å². The molecule has 0 aliphatic carbocycles. The van der Waals surface area contributed by atoms with E-state index < -0.39 is 11.6 Å². The Morgan fingerprint density at radius 1 is 1.42 bits per heavy atom. The van der Waals surface area contributed by atoms with Crippen molar-refractivity contribution in [3.05, 3.63) is 35.4 Å². The maximum absolute atomic E-state index is 12.9. The summed E-state index contributed by atoms with van der Waals surface area (Å²) in [5.41, 5.74) is 0.0903. The van der Waals surface area contributed by atoms with Crippen LogP contribution in [0.5, 0.6) is 0 Å². The fourth-order valence-corrected chi connectivity index (χ4v) is 0.963. The zero-order chi connectivity index (χ0) is 9.14. The lowest BCUT2D eigenvalue weighted by atomic mass is 10.2. The molecule has 0 atom stereocenters. The number of hydrogen-bond donors (Lipinski definition) is 1. The second kappa shape index (κ2) is 3.58. The Balaban J connectivity index is 3.13. The van der Waals surface area contributed by atoms with Crippen molar-refractivity contribution in [2.75, 3.05) is 7.05 Å². The minimum atomic E-state index is -0.518. The Morgan fingerprint density at radius 2 is 2.08 bits per heavy atom. The van der Waals surface area contributed by atoms with Crippen molar-refractivity contribution < 1.29 is 8.78 Å². The number of hydrogen-bond acceptors (Lipinski definition) is 1. The van der Waals surface area contributed by atoms with Gasteiger partial charge in [-0.25, -0.2) is 8.78 Å². The van der Waals surface area contributed by atoms with Gasteiger partial charge in [0.2, 0.25) is 0 Å². The number of rotatable bonds is 1. The van der Waals surface area contributed by atoms with Gasteiger partial charge in [0, 0.05) is 12.6 Å². The Bertz CT molecular complexity index is 312. The van der Waals surface area contributed by atoms with Gasteiger partial charge >= 0.3 is 0 Å². The molecule has 0 heterocycles. The van der Waals surface area contributed by atoms with Gasteiger partial charge in [-0.3, -0.25) is 0 Å². The third-order valence-corrected chi connectivity index (χ3v) is 1.82. The SMILES string of the molecule is CNC(=S)c1cc(F)ccc1F. The lowest BCUT2D eigenvalue weighted by molar-refractivity contribution is 0.598. The standard InChI is InChI=1S/C8H7F2NS/c1-11-8(12)6-4-5(9)2-3-7(6)10/h2-4H,1H3,(H,11,12). The third kappa shape index (κ3) is 1.76. The maximum Gasteiger partial charge on any atom is 0.133 e. The first-order chi connectivity index (χ1) is 5.65. The van der Waals surface area contributed by atoms with Gasteiger partial charge in [-0.2, -0.15) is 0 Å². The average molecular weight is 187 g/mol. The van der Waals surface area contributed by atoms with Gasteiger partial charge in [-0.05, 0) is 18.2 Å². The summed E-state index contributed by atoms with van der Waals surface area (Å²) >= 11 is 4.75. The molecular weight excluding hydrogens is 180 g/mol. The second-order valence-electron chi connectivity index (χ2n) is 2.20. The van der Waals surface area contributed by atoms with Crippen LogP contribution in [-0.4, -0.2) is 12.0 Å². The first kappa shape index (κ1) is 9.06. The summed E-state index contributed by atoms with van der Waals surface area (Å²) in [4.78, 5) is 0.201. The maximum atomic E-state index is 12.9. The molecule has 1 nitrogen and oxygen atoms in total. The normalized spacial score (nSPS) is 9.58. The van der Waals surface area contributed by atoms with Gasteiger partial charge in [0.25, 0.3) is 0 Å². The first-order valence-electron chi connectivity index (χ1n) is 3.32. The lowest BCUT2D eigenvalue weighted by Crippen LogP contribution is -2.18. The molecule has 0 saturated carbocycles. The quantitative estimate of drug-likeness (QED) is 0.673. The van der Waals surface area contributed by atoms with Crippen molar-refractivity contribution >= 4 is 17.2 Å². The molecule has 0 aliphatic rings. The van der Waals surface area contributed by atoms with Gasteiger partial charge < -0.3 is 5.32 Å². The molecule has 1 rings (SSSR count). The predicted molar refractivity (Wildman–Crippen MR) is 47.1 cm³/mol. The van der Waals surface area contributed by atoms with E-state index in [0.717, 1.165) is 18.2 Å². The molecule has 64 valence electrons. The molecule has 0 radical (unpaired) electrons. The smallest absolute Gasteiger partial charge is 0.133 e. The molecule has 1 aromatic rings. The minimum Gasteiger partial charge on any atom is -0.379 e. The van der Waals surface area contributed by atoms with Crippen LogP contribution < -0.4 is 5.32 Å². The number of benzene rings is 1. The van der Waals surface area contributed by atoms with E-state index in [1.54, 1.807) is 7.05 Å². The highest BCUT2D eigenvalue weighted by Crippen LogP contribution is 2.09. The molecule has 0 spiro atoms. The van der Waals surface area contributed by atoms with Crippen molar-refractivity contribution in [2.45, 2.75) is 0 Å². The fourth-order valence-electron chi connectivity index (χ4n) is 0.806. The summed E-state index contributed by atoms with van der Waals surface area (Å²) in [6.07, 6.45) is 0. The van der Waals surface area contributed by atoms with Crippen molar-refractivity contribution in [1.29, 1.82) is 0 Å². The van der Waals surface area contributed by atoms with E-state index in [9.17, 15) is 8.78 Å². The predicted octanol–water partition coefficient (Wildman–Crippen LogP) is 1.86. The summed E-state index contributed by atoms with van der Waals surface area (Å²) in [6, 6.07) is 3.17. The van der Waals surface area contributed by atoms with E-state index in [-0.39, 0.29) is 10.6 Å². The van der Waals surface area contributed by atoms with Crippen LogP contribution in [0.2, 0.25) is 0 Å². The third-order valence-electron chi connectivity index (χ3n) is 1.40. The Labute approximate surface area is 74.4 Å². The van der Waals surface area contributed by atoms with E-state index in [2.05, 4.69) is 5.32 Å². The van der Waals surface area contributed by atoms with Crippen LogP contribution >= 0.6 is 12.2 Å². The summed E-state index contributed by atoms with van der Waals surface area (Å²) < 4.78 is 25.5. The monoisotopic (exact) mass is 187 g/mol. The number of nitrogens with one attached hydrogen (secondary N) is 1. The Kier molecular flexibility index (Phi) is 2.70. The van der Waals surface area contributed by atoms with E-state index in [1.807, 2.05) is 0 Å². The molecule has 4 heteroatoms. The Hall–Kier alpha value is -1.03. The van der Waals surface area contributed by atoms with Crippen LogP contribution in [0.15, 0.2) is 18.2 Å².